The third-order valence-electron chi connectivity index (χ3n) is 4.53. The molecule has 1 atom stereocenters. The second kappa shape index (κ2) is 8.56. The molecule has 0 radical (unpaired) electrons. The molecule has 0 bridgehead atoms. The minimum absolute atomic E-state index is 0.119. The number of likely N-dealkylation sites (tertiary alicyclic amines) is 1. The molecular weight excluding hydrogens is 371 g/mol. The van der Waals surface area contributed by atoms with E-state index in [-0.39, 0.29) is 17.7 Å². The number of carbonyl (C=O) groups excluding carboxylic acids is 2. The van der Waals surface area contributed by atoms with Crippen LogP contribution < -0.4 is 5.32 Å². The van der Waals surface area contributed by atoms with Gasteiger partial charge >= 0.3 is 0 Å². The van der Waals surface area contributed by atoms with E-state index >= 15 is 0 Å². The molecule has 1 unspecified atom stereocenters. The molecule has 1 N–H and O–H groups in total. The standard InChI is InChI=1S/C20H20Cl2N2O2/c21-16-6-7-17(18(22)11-16)20(26)23-12-15-10-19(25)24(13-15)9-8-14-4-2-1-3-5-14/h1-7,11,15H,8-10,12-13H2,(H,23,26). The van der Waals surface area contributed by atoms with Crippen molar-refractivity contribution >= 4 is 35.0 Å². The highest BCUT2D eigenvalue weighted by Crippen LogP contribution is 2.22. The molecular formula is C20H20Cl2N2O2. The van der Waals surface area contributed by atoms with Gasteiger partial charge in [0.15, 0.2) is 0 Å². The molecule has 136 valence electrons. The summed E-state index contributed by atoms with van der Waals surface area (Å²) in [6.45, 7) is 1.82. The van der Waals surface area contributed by atoms with E-state index in [2.05, 4.69) is 17.4 Å². The highest BCUT2D eigenvalue weighted by molar-refractivity contribution is 6.36. The van der Waals surface area contributed by atoms with Gasteiger partial charge in [-0.05, 0) is 30.2 Å². The van der Waals surface area contributed by atoms with Gasteiger partial charge in [-0.2, -0.15) is 0 Å². The van der Waals surface area contributed by atoms with Crippen molar-refractivity contribution in [2.75, 3.05) is 19.6 Å². The molecule has 1 aliphatic heterocycles. The van der Waals surface area contributed by atoms with Gasteiger partial charge < -0.3 is 10.2 Å². The molecule has 1 aliphatic rings. The quantitative estimate of drug-likeness (QED) is 0.814. The lowest BCUT2D eigenvalue weighted by Gasteiger charge is -2.17. The Bertz CT molecular complexity index is 796. The van der Waals surface area contributed by atoms with Crippen LogP contribution in [0.5, 0.6) is 0 Å². The zero-order valence-corrected chi connectivity index (χ0v) is 15.8. The first-order valence-corrected chi connectivity index (χ1v) is 9.33. The third kappa shape index (κ3) is 4.77. The molecule has 1 saturated heterocycles. The number of carbonyl (C=O) groups is 2. The second-order valence-corrected chi connectivity index (χ2v) is 7.32. The lowest BCUT2D eigenvalue weighted by Crippen LogP contribution is -2.32. The van der Waals surface area contributed by atoms with E-state index in [9.17, 15) is 9.59 Å². The van der Waals surface area contributed by atoms with Crippen molar-refractivity contribution in [3.8, 4) is 0 Å². The Morgan fingerprint density at radius 3 is 2.65 bits per heavy atom. The van der Waals surface area contributed by atoms with Gasteiger partial charge in [0.2, 0.25) is 5.91 Å². The number of amides is 2. The summed E-state index contributed by atoms with van der Waals surface area (Å²) in [4.78, 5) is 26.3. The highest BCUT2D eigenvalue weighted by atomic mass is 35.5. The van der Waals surface area contributed by atoms with Gasteiger partial charge in [0.25, 0.3) is 5.91 Å². The van der Waals surface area contributed by atoms with Crippen LogP contribution in [0, 0.1) is 5.92 Å². The van der Waals surface area contributed by atoms with Crippen molar-refractivity contribution in [3.05, 3.63) is 69.7 Å². The number of nitrogens with one attached hydrogen (secondary N) is 1. The Kier molecular flexibility index (Phi) is 6.17. The number of rotatable bonds is 6. The first-order chi connectivity index (χ1) is 12.5. The highest BCUT2D eigenvalue weighted by Gasteiger charge is 2.29. The summed E-state index contributed by atoms with van der Waals surface area (Å²) in [5.41, 5.74) is 1.61. The number of hydrogen-bond acceptors (Lipinski definition) is 2. The van der Waals surface area contributed by atoms with Crippen LogP contribution in [0.25, 0.3) is 0 Å². The first-order valence-electron chi connectivity index (χ1n) is 8.58. The Balaban J connectivity index is 1.49. The van der Waals surface area contributed by atoms with Crippen molar-refractivity contribution in [1.82, 2.24) is 10.2 Å². The molecule has 0 aromatic heterocycles. The molecule has 1 heterocycles. The fourth-order valence-electron chi connectivity index (χ4n) is 3.12. The van der Waals surface area contributed by atoms with Crippen molar-refractivity contribution in [3.63, 3.8) is 0 Å². The second-order valence-electron chi connectivity index (χ2n) is 6.48. The summed E-state index contributed by atoms with van der Waals surface area (Å²) in [5, 5.41) is 3.68. The van der Waals surface area contributed by atoms with E-state index in [1.54, 1.807) is 18.2 Å². The Labute approximate surface area is 163 Å². The molecule has 0 aliphatic carbocycles. The fourth-order valence-corrected chi connectivity index (χ4v) is 3.62. The number of hydrogen-bond donors (Lipinski definition) is 1. The van der Waals surface area contributed by atoms with Gasteiger partial charge in [0, 0.05) is 37.0 Å². The molecule has 2 aromatic carbocycles. The molecule has 6 heteroatoms. The van der Waals surface area contributed by atoms with Crippen molar-refractivity contribution in [1.29, 1.82) is 0 Å². The van der Waals surface area contributed by atoms with Gasteiger partial charge in [-0.3, -0.25) is 9.59 Å². The average Bonchev–Trinajstić information content (AvgIpc) is 2.98. The summed E-state index contributed by atoms with van der Waals surface area (Å²) in [6, 6.07) is 14.9. The zero-order valence-electron chi connectivity index (χ0n) is 14.3. The van der Waals surface area contributed by atoms with E-state index in [1.165, 1.54) is 5.56 Å². The smallest absolute Gasteiger partial charge is 0.252 e. The van der Waals surface area contributed by atoms with Gasteiger partial charge in [-0.15, -0.1) is 0 Å². The Hall–Kier alpha value is -2.04. The van der Waals surface area contributed by atoms with Gasteiger partial charge in [-0.25, -0.2) is 0 Å². The lowest BCUT2D eigenvalue weighted by molar-refractivity contribution is -0.127. The Morgan fingerprint density at radius 1 is 1.15 bits per heavy atom. The summed E-state index contributed by atoms with van der Waals surface area (Å²) < 4.78 is 0. The summed E-state index contributed by atoms with van der Waals surface area (Å²) in [7, 11) is 0. The van der Waals surface area contributed by atoms with Gasteiger partial charge in [-0.1, -0.05) is 53.5 Å². The van der Waals surface area contributed by atoms with Crippen molar-refractivity contribution in [2.24, 2.45) is 5.92 Å². The van der Waals surface area contributed by atoms with Gasteiger partial charge in [0.1, 0.15) is 0 Å². The topological polar surface area (TPSA) is 49.4 Å². The molecule has 0 spiro atoms. The maximum atomic E-state index is 12.3. The van der Waals surface area contributed by atoms with Crippen LogP contribution in [0.2, 0.25) is 10.0 Å². The normalized spacial score (nSPS) is 16.8. The first kappa shape index (κ1) is 18.7. The lowest BCUT2D eigenvalue weighted by atomic mass is 10.1. The molecule has 4 nitrogen and oxygen atoms in total. The maximum Gasteiger partial charge on any atom is 0.252 e. The van der Waals surface area contributed by atoms with Crippen LogP contribution in [0.3, 0.4) is 0 Å². The molecule has 2 amide bonds. The molecule has 26 heavy (non-hydrogen) atoms. The fraction of sp³-hybridized carbons (Fsp3) is 0.300. The largest absolute Gasteiger partial charge is 0.352 e. The maximum absolute atomic E-state index is 12.3. The minimum atomic E-state index is -0.248. The molecule has 3 rings (SSSR count). The van der Waals surface area contributed by atoms with Gasteiger partial charge in [0.05, 0.1) is 10.6 Å². The van der Waals surface area contributed by atoms with Crippen molar-refractivity contribution in [2.45, 2.75) is 12.8 Å². The van der Waals surface area contributed by atoms with E-state index in [4.69, 9.17) is 23.2 Å². The van der Waals surface area contributed by atoms with Crippen LogP contribution >= 0.6 is 23.2 Å². The number of nitrogens with zero attached hydrogens (tertiary/aromatic N) is 1. The zero-order chi connectivity index (χ0) is 18.5. The van der Waals surface area contributed by atoms with Crippen LogP contribution in [0.1, 0.15) is 22.3 Å². The Morgan fingerprint density at radius 2 is 1.92 bits per heavy atom. The van der Waals surface area contributed by atoms with E-state index in [0.29, 0.717) is 41.7 Å². The van der Waals surface area contributed by atoms with E-state index in [1.807, 2.05) is 23.1 Å². The number of benzene rings is 2. The van der Waals surface area contributed by atoms with Crippen LogP contribution in [-0.4, -0.2) is 36.3 Å². The molecule has 0 saturated carbocycles. The number of halogens is 2. The molecule has 2 aromatic rings. The van der Waals surface area contributed by atoms with Crippen LogP contribution in [0.4, 0.5) is 0 Å². The SMILES string of the molecule is O=C(NCC1CC(=O)N(CCc2ccccc2)C1)c1ccc(Cl)cc1Cl. The summed E-state index contributed by atoms with van der Waals surface area (Å²) >= 11 is 11.9. The monoisotopic (exact) mass is 390 g/mol. The van der Waals surface area contributed by atoms with Crippen LogP contribution in [-0.2, 0) is 11.2 Å². The third-order valence-corrected chi connectivity index (χ3v) is 5.08. The predicted molar refractivity (Wildman–Crippen MR) is 104 cm³/mol. The van der Waals surface area contributed by atoms with E-state index < -0.39 is 0 Å². The summed E-state index contributed by atoms with van der Waals surface area (Å²) in [5.74, 6) is 0.0138. The van der Waals surface area contributed by atoms with Crippen molar-refractivity contribution < 1.29 is 9.59 Å². The van der Waals surface area contributed by atoms with Crippen LogP contribution in [0.15, 0.2) is 48.5 Å². The molecule has 1 fully saturated rings. The predicted octanol–water partition coefficient (Wildman–Crippen LogP) is 3.81. The summed E-state index contributed by atoms with van der Waals surface area (Å²) in [6.07, 6.45) is 1.30. The minimum Gasteiger partial charge on any atom is -0.352 e. The average molecular weight is 391 g/mol. The van der Waals surface area contributed by atoms with E-state index in [0.717, 1.165) is 6.42 Å².